The summed E-state index contributed by atoms with van der Waals surface area (Å²) in [6, 6.07) is 9.11. The molecule has 2 rings (SSSR count). The lowest BCUT2D eigenvalue weighted by Crippen LogP contribution is -2.30. The Hall–Kier alpha value is -1.88. The van der Waals surface area contributed by atoms with Gasteiger partial charge in [-0.2, -0.15) is 0 Å². The second-order valence-electron chi connectivity index (χ2n) is 4.64. The quantitative estimate of drug-likeness (QED) is 0.917. The largest absolute Gasteiger partial charge is 0.321 e. The zero-order valence-corrected chi connectivity index (χ0v) is 13.1. The Bertz CT molecular complexity index is 735. The molecule has 0 saturated heterocycles. The highest BCUT2D eigenvalue weighted by molar-refractivity contribution is 9.10. The number of aromatic nitrogens is 1. The minimum absolute atomic E-state index is 0.175. The van der Waals surface area contributed by atoms with Gasteiger partial charge in [-0.3, -0.25) is 9.59 Å². The number of pyridine rings is 1. The summed E-state index contributed by atoms with van der Waals surface area (Å²) < 4.78 is 2.25. The summed E-state index contributed by atoms with van der Waals surface area (Å²) in [7, 11) is 1.66. The number of carbonyl (C=O) groups excluding carboxylic acids is 1. The van der Waals surface area contributed by atoms with Crippen LogP contribution in [0.15, 0.2) is 39.6 Å². The molecule has 2 aromatic rings. The first-order valence-electron chi connectivity index (χ1n) is 6.15. The average Bonchev–Trinajstić information content (AvgIpc) is 2.39. The Morgan fingerprint density at radius 2 is 1.90 bits per heavy atom. The van der Waals surface area contributed by atoms with Crippen LogP contribution in [0, 0.1) is 13.8 Å². The molecule has 0 atom stereocenters. The Morgan fingerprint density at radius 1 is 1.25 bits per heavy atom. The van der Waals surface area contributed by atoms with E-state index in [1.807, 2.05) is 31.2 Å². The molecule has 1 aromatic heterocycles. The van der Waals surface area contributed by atoms with Crippen molar-refractivity contribution in [1.29, 1.82) is 0 Å². The number of aryl methyl sites for hydroxylation is 2. The van der Waals surface area contributed by atoms with Gasteiger partial charge in [0.05, 0.1) is 5.69 Å². The maximum atomic E-state index is 12.3. The average molecular weight is 335 g/mol. The summed E-state index contributed by atoms with van der Waals surface area (Å²) in [6.07, 6.45) is 0. The van der Waals surface area contributed by atoms with Crippen molar-refractivity contribution in [2.24, 2.45) is 7.05 Å². The van der Waals surface area contributed by atoms with Crippen LogP contribution in [0.25, 0.3) is 0 Å². The van der Waals surface area contributed by atoms with Crippen molar-refractivity contribution in [3.63, 3.8) is 0 Å². The van der Waals surface area contributed by atoms with Crippen LogP contribution in [0.5, 0.6) is 0 Å². The molecule has 1 N–H and O–H groups in total. The van der Waals surface area contributed by atoms with Crippen LogP contribution in [0.1, 0.15) is 21.6 Å². The van der Waals surface area contributed by atoms with Gasteiger partial charge in [-0.1, -0.05) is 12.1 Å². The summed E-state index contributed by atoms with van der Waals surface area (Å²) in [4.78, 5) is 24.5. The number of nitrogens with zero attached hydrogens (tertiary/aromatic N) is 1. The highest BCUT2D eigenvalue weighted by Crippen LogP contribution is 2.21. The first-order chi connectivity index (χ1) is 9.41. The van der Waals surface area contributed by atoms with Crippen LogP contribution in [0.2, 0.25) is 0 Å². The number of hydrogen-bond acceptors (Lipinski definition) is 2. The van der Waals surface area contributed by atoms with Crippen LogP contribution in [-0.4, -0.2) is 10.5 Å². The molecule has 0 unspecified atom stereocenters. The van der Waals surface area contributed by atoms with E-state index in [0.29, 0.717) is 11.3 Å². The van der Waals surface area contributed by atoms with Crippen molar-refractivity contribution in [1.82, 2.24) is 4.57 Å². The van der Waals surface area contributed by atoms with Crippen LogP contribution < -0.4 is 10.9 Å². The molecule has 0 radical (unpaired) electrons. The Kier molecular flexibility index (Phi) is 4.09. The van der Waals surface area contributed by atoms with Gasteiger partial charge in [0, 0.05) is 17.2 Å². The fraction of sp³-hybridized carbons (Fsp3) is 0.200. The number of nitrogens with one attached hydrogen (secondary N) is 1. The molecule has 0 saturated carbocycles. The Morgan fingerprint density at radius 3 is 2.55 bits per heavy atom. The van der Waals surface area contributed by atoms with Gasteiger partial charge < -0.3 is 9.88 Å². The van der Waals surface area contributed by atoms with E-state index < -0.39 is 5.91 Å². The van der Waals surface area contributed by atoms with Gasteiger partial charge >= 0.3 is 0 Å². The minimum atomic E-state index is -0.394. The Balaban J connectivity index is 2.43. The predicted molar refractivity (Wildman–Crippen MR) is 83.3 cm³/mol. The van der Waals surface area contributed by atoms with E-state index >= 15 is 0 Å². The smallest absolute Gasteiger partial charge is 0.263 e. The standard InChI is InChI=1S/C15H15BrN2O2/c1-9-8-10(2)18(3)15(20)13(9)14(19)17-12-7-5-4-6-11(12)16/h4-8H,1-3H3,(H,17,19). The van der Waals surface area contributed by atoms with Crippen molar-refractivity contribution in [2.45, 2.75) is 13.8 Å². The van der Waals surface area contributed by atoms with Gasteiger partial charge in [0.25, 0.3) is 11.5 Å². The fourth-order valence-corrected chi connectivity index (χ4v) is 2.39. The van der Waals surface area contributed by atoms with Gasteiger partial charge in [0.15, 0.2) is 0 Å². The molecule has 5 heteroatoms. The third-order valence-electron chi connectivity index (χ3n) is 3.22. The van der Waals surface area contributed by atoms with Gasteiger partial charge in [-0.05, 0) is 53.5 Å². The fourth-order valence-electron chi connectivity index (χ4n) is 2.00. The van der Waals surface area contributed by atoms with E-state index in [9.17, 15) is 9.59 Å². The van der Waals surface area contributed by atoms with E-state index in [1.54, 1.807) is 20.0 Å². The third-order valence-corrected chi connectivity index (χ3v) is 3.91. The number of anilines is 1. The number of hydrogen-bond donors (Lipinski definition) is 1. The van der Waals surface area contributed by atoms with Gasteiger partial charge in [-0.15, -0.1) is 0 Å². The highest BCUT2D eigenvalue weighted by atomic mass is 79.9. The van der Waals surface area contributed by atoms with E-state index in [0.717, 1.165) is 10.2 Å². The van der Waals surface area contributed by atoms with Crippen LogP contribution >= 0.6 is 15.9 Å². The van der Waals surface area contributed by atoms with Crippen molar-refractivity contribution in [3.05, 3.63) is 62.0 Å². The van der Waals surface area contributed by atoms with Gasteiger partial charge in [-0.25, -0.2) is 0 Å². The number of rotatable bonds is 2. The lowest BCUT2D eigenvalue weighted by Gasteiger charge is -2.11. The van der Waals surface area contributed by atoms with Gasteiger partial charge in [0.2, 0.25) is 0 Å². The molecule has 1 aromatic carbocycles. The number of halogens is 1. The Labute approximate surface area is 125 Å². The van der Waals surface area contributed by atoms with Crippen molar-refractivity contribution in [3.8, 4) is 0 Å². The SMILES string of the molecule is Cc1cc(C)n(C)c(=O)c1C(=O)Nc1ccccc1Br. The molecular formula is C15H15BrN2O2. The van der Waals surface area contributed by atoms with E-state index in [4.69, 9.17) is 0 Å². The highest BCUT2D eigenvalue weighted by Gasteiger charge is 2.17. The molecule has 0 aliphatic carbocycles. The summed E-state index contributed by atoms with van der Waals surface area (Å²) in [5.41, 5.74) is 2.03. The summed E-state index contributed by atoms with van der Waals surface area (Å²) in [5, 5.41) is 2.76. The minimum Gasteiger partial charge on any atom is -0.321 e. The number of amides is 1. The van der Waals surface area contributed by atoms with E-state index in [1.165, 1.54) is 4.57 Å². The second kappa shape index (κ2) is 5.63. The first-order valence-corrected chi connectivity index (χ1v) is 6.94. The van der Waals surface area contributed by atoms with E-state index in [2.05, 4.69) is 21.2 Å². The van der Waals surface area contributed by atoms with Crippen molar-refractivity contribution >= 4 is 27.5 Å². The lowest BCUT2D eigenvalue weighted by atomic mass is 10.1. The maximum absolute atomic E-state index is 12.3. The van der Waals surface area contributed by atoms with Crippen molar-refractivity contribution < 1.29 is 4.79 Å². The molecule has 1 heterocycles. The number of para-hydroxylation sites is 1. The number of carbonyl (C=O) groups is 1. The third kappa shape index (κ3) is 2.67. The molecule has 4 nitrogen and oxygen atoms in total. The molecule has 104 valence electrons. The molecule has 20 heavy (non-hydrogen) atoms. The summed E-state index contributed by atoms with van der Waals surface area (Å²) >= 11 is 3.36. The molecule has 0 fully saturated rings. The second-order valence-corrected chi connectivity index (χ2v) is 5.50. The normalized spacial score (nSPS) is 10.4. The van der Waals surface area contributed by atoms with E-state index in [-0.39, 0.29) is 11.1 Å². The molecular weight excluding hydrogens is 320 g/mol. The maximum Gasteiger partial charge on any atom is 0.263 e. The van der Waals surface area contributed by atoms with Gasteiger partial charge in [0.1, 0.15) is 5.56 Å². The predicted octanol–water partition coefficient (Wildman–Crippen LogP) is 3.02. The molecule has 0 aliphatic heterocycles. The van der Waals surface area contributed by atoms with Crippen LogP contribution in [-0.2, 0) is 7.05 Å². The topological polar surface area (TPSA) is 51.1 Å². The summed E-state index contributed by atoms with van der Waals surface area (Å²) in [6.45, 7) is 3.60. The van der Waals surface area contributed by atoms with Crippen molar-refractivity contribution in [2.75, 3.05) is 5.32 Å². The zero-order chi connectivity index (χ0) is 14.9. The van der Waals surface area contributed by atoms with Crippen LogP contribution in [0.4, 0.5) is 5.69 Å². The number of benzene rings is 1. The molecule has 0 aliphatic rings. The van der Waals surface area contributed by atoms with Crippen LogP contribution in [0.3, 0.4) is 0 Å². The first kappa shape index (κ1) is 14.5. The molecule has 0 bridgehead atoms. The lowest BCUT2D eigenvalue weighted by molar-refractivity contribution is 0.102. The zero-order valence-electron chi connectivity index (χ0n) is 11.5. The molecule has 0 spiro atoms. The molecule has 1 amide bonds. The summed E-state index contributed by atoms with van der Waals surface area (Å²) in [5.74, 6) is -0.394. The monoisotopic (exact) mass is 334 g/mol.